The molecule has 4 aromatic heterocycles. The van der Waals surface area contributed by atoms with Crippen LogP contribution in [-0.4, -0.2) is 29.1 Å². The molecule has 0 amide bonds. The van der Waals surface area contributed by atoms with Gasteiger partial charge in [0.05, 0.1) is 38.6 Å². The van der Waals surface area contributed by atoms with Crippen LogP contribution in [-0.2, 0) is 7.05 Å². The Morgan fingerprint density at radius 1 is 0.950 bits per heavy atom. The van der Waals surface area contributed by atoms with Crippen LogP contribution < -0.4 is 22.2 Å². The number of rotatable bonds is 6. The summed E-state index contributed by atoms with van der Waals surface area (Å²) in [5, 5.41) is 3.86. The van der Waals surface area contributed by atoms with Gasteiger partial charge in [0.1, 0.15) is 11.6 Å². The van der Waals surface area contributed by atoms with Crippen molar-refractivity contribution in [3.63, 3.8) is 0 Å². The third-order valence-corrected chi connectivity index (χ3v) is 7.39. The second-order valence-corrected chi connectivity index (χ2v) is 10.1. The summed E-state index contributed by atoms with van der Waals surface area (Å²) in [7, 11) is 1.68. The first kappa shape index (κ1) is 25.1. The van der Waals surface area contributed by atoms with Gasteiger partial charge in [-0.2, -0.15) is 4.98 Å². The van der Waals surface area contributed by atoms with Gasteiger partial charge >= 0.3 is 0 Å². The number of aryl methyl sites for hydroxylation is 1. The summed E-state index contributed by atoms with van der Waals surface area (Å²) < 4.78 is 3.11. The fraction of sp³-hybridized carbons (Fsp3) is 0.103. The molecule has 0 saturated heterocycles. The highest BCUT2D eigenvalue weighted by molar-refractivity contribution is 7.13. The van der Waals surface area contributed by atoms with E-state index < -0.39 is 6.04 Å². The summed E-state index contributed by atoms with van der Waals surface area (Å²) in [6.45, 7) is 1.92. The lowest BCUT2D eigenvalue weighted by Gasteiger charge is -2.21. The molecule has 0 saturated carbocycles. The Morgan fingerprint density at radius 3 is 2.52 bits per heavy atom. The maximum absolute atomic E-state index is 14.3. The highest BCUT2D eigenvalue weighted by Crippen LogP contribution is 2.32. The van der Waals surface area contributed by atoms with Gasteiger partial charge in [-0.25, -0.2) is 9.97 Å². The molecular weight excluding hydrogens is 524 g/mol. The summed E-state index contributed by atoms with van der Waals surface area (Å²) >= 11 is 1.46. The Kier molecular flexibility index (Phi) is 6.40. The fourth-order valence-electron chi connectivity index (χ4n) is 4.66. The number of pyridine rings is 1. The molecule has 2 aromatic carbocycles. The highest BCUT2D eigenvalue weighted by atomic mass is 32.1. The minimum atomic E-state index is -0.459. The van der Waals surface area contributed by atoms with Crippen LogP contribution in [0.3, 0.4) is 0 Å². The van der Waals surface area contributed by atoms with E-state index in [1.165, 1.54) is 22.0 Å². The molecule has 0 fully saturated rings. The molecule has 6 rings (SSSR count). The van der Waals surface area contributed by atoms with E-state index in [-0.39, 0.29) is 17.1 Å². The van der Waals surface area contributed by atoms with Gasteiger partial charge in [-0.1, -0.05) is 30.3 Å². The van der Waals surface area contributed by atoms with E-state index in [9.17, 15) is 9.59 Å². The third kappa shape index (κ3) is 4.52. The fourth-order valence-corrected chi connectivity index (χ4v) is 5.30. The molecule has 4 heterocycles. The number of nitrogens with zero attached hydrogens (tertiary/aromatic N) is 6. The predicted octanol–water partition coefficient (Wildman–Crippen LogP) is 4.42. The van der Waals surface area contributed by atoms with E-state index in [1.54, 1.807) is 41.8 Å². The van der Waals surface area contributed by atoms with Crippen molar-refractivity contribution < 1.29 is 0 Å². The smallest absolute Gasteiger partial charge is 0.266 e. The second kappa shape index (κ2) is 10.2. The molecule has 40 heavy (non-hydrogen) atoms. The van der Waals surface area contributed by atoms with Crippen LogP contribution in [0.2, 0.25) is 0 Å². The van der Waals surface area contributed by atoms with Crippen molar-refractivity contribution in [2.45, 2.75) is 13.0 Å². The van der Waals surface area contributed by atoms with Crippen LogP contribution in [0.15, 0.2) is 94.4 Å². The minimum absolute atomic E-state index is 0.122. The molecule has 0 aliphatic rings. The first-order valence-electron chi connectivity index (χ1n) is 12.5. The Labute approximate surface area is 232 Å². The summed E-state index contributed by atoms with van der Waals surface area (Å²) in [6.07, 6.45) is 5.12. The molecule has 0 bridgehead atoms. The number of thiazole rings is 1. The zero-order valence-corrected chi connectivity index (χ0v) is 22.5. The van der Waals surface area contributed by atoms with Gasteiger partial charge in [-0.05, 0) is 42.3 Å². The Balaban J connectivity index is 1.56. The van der Waals surface area contributed by atoms with Crippen molar-refractivity contribution in [1.82, 2.24) is 29.1 Å². The molecule has 6 aromatic rings. The van der Waals surface area contributed by atoms with E-state index >= 15 is 0 Å². The van der Waals surface area contributed by atoms with Gasteiger partial charge in [0.25, 0.3) is 5.56 Å². The third-order valence-electron chi connectivity index (χ3n) is 6.58. The molecule has 3 N–H and O–H groups in total. The van der Waals surface area contributed by atoms with E-state index in [1.807, 2.05) is 55.5 Å². The first-order valence-corrected chi connectivity index (χ1v) is 13.3. The van der Waals surface area contributed by atoms with Crippen molar-refractivity contribution in [1.29, 1.82) is 0 Å². The summed E-state index contributed by atoms with van der Waals surface area (Å²) in [4.78, 5) is 45.0. The van der Waals surface area contributed by atoms with Crippen molar-refractivity contribution in [2.24, 2.45) is 7.05 Å². The van der Waals surface area contributed by atoms with Crippen LogP contribution in [0, 0.1) is 0 Å². The molecule has 0 unspecified atom stereocenters. The van der Waals surface area contributed by atoms with Crippen LogP contribution in [0.25, 0.3) is 38.2 Å². The van der Waals surface area contributed by atoms with Gasteiger partial charge in [0.15, 0.2) is 0 Å². The van der Waals surface area contributed by atoms with Gasteiger partial charge in [-0.3, -0.25) is 19.1 Å². The van der Waals surface area contributed by atoms with Crippen molar-refractivity contribution in [2.75, 3.05) is 11.1 Å². The molecule has 0 aliphatic carbocycles. The lowest BCUT2D eigenvalue weighted by atomic mass is 10.0. The average molecular weight is 549 g/mol. The molecule has 10 nitrogen and oxygen atoms in total. The summed E-state index contributed by atoms with van der Waals surface area (Å²) in [5.74, 6) is 1.13. The van der Waals surface area contributed by atoms with Crippen LogP contribution in [0.4, 0.5) is 11.8 Å². The maximum Gasteiger partial charge on any atom is 0.266 e. The molecule has 11 heteroatoms. The quantitative estimate of drug-likeness (QED) is 0.312. The highest BCUT2D eigenvalue weighted by Gasteiger charge is 2.22. The molecular formula is C29H24N8O2S. The standard InChI is InChI=1S/C29H24N8O2S/c1-17(33-26-21(13-32-29(30)35-26)23-14-31-16-40-23)27-34-22-10-6-9-20(18-11-12-24(38)36(2)15-18)25(22)28(39)37(27)19-7-4-3-5-8-19/h3-17H,1-2H3,(H3,30,32,33,35)/t17-/m1/s1. The normalized spacial score (nSPS) is 11.9. The van der Waals surface area contributed by atoms with E-state index in [4.69, 9.17) is 10.7 Å². The Morgan fingerprint density at radius 2 is 1.77 bits per heavy atom. The Bertz CT molecular complexity index is 1970. The number of hydrogen-bond acceptors (Lipinski definition) is 9. The SMILES string of the molecule is C[C@@H](Nc1nc(N)ncc1-c1cncs1)c1nc2cccc(-c3ccc(=O)n(C)c3)c2c(=O)n1-c1ccccc1. The number of para-hydroxylation sites is 1. The second-order valence-electron chi connectivity index (χ2n) is 9.23. The number of anilines is 2. The number of aromatic nitrogens is 6. The van der Waals surface area contributed by atoms with Crippen molar-refractivity contribution >= 4 is 34.0 Å². The van der Waals surface area contributed by atoms with Gasteiger partial charge < -0.3 is 15.6 Å². The molecule has 0 spiro atoms. The largest absolute Gasteiger partial charge is 0.368 e. The average Bonchev–Trinajstić information content (AvgIpc) is 3.49. The van der Waals surface area contributed by atoms with Gasteiger partial charge in [-0.15, -0.1) is 11.3 Å². The van der Waals surface area contributed by atoms with Crippen LogP contribution >= 0.6 is 11.3 Å². The minimum Gasteiger partial charge on any atom is -0.368 e. The van der Waals surface area contributed by atoms with E-state index in [2.05, 4.69) is 20.3 Å². The van der Waals surface area contributed by atoms with Crippen LogP contribution in [0.5, 0.6) is 0 Å². The van der Waals surface area contributed by atoms with Gasteiger partial charge in [0.2, 0.25) is 11.5 Å². The monoisotopic (exact) mass is 548 g/mol. The van der Waals surface area contributed by atoms with Crippen molar-refractivity contribution in [3.05, 3.63) is 111 Å². The number of nitrogen functional groups attached to an aromatic ring is 1. The van der Waals surface area contributed by atoms with Crippen LogP contribution in [0.1, 0.15) is 18.8 Å². The van der Waals surface area contributed by atoms with Gasteiger partial charge in [0, 0.05) is 31.7 Å². The number of nitrogens with two attached hydrogens (primary N) is 1. The van der Waals surface area contributed by atoms with E-state index in [0.29, 0.717) is 33.8 Å². The zero-order valence-electron chi connectivity index (χ0n) is 21.6. The maximum atomic E-state index is 14.3. The molecule has 0 aliphatic heterocycles. The topological polar surface area (TPSA) is 134 Å². The number of benzene rings is 2. The van der Waals surface area contributed by atoms with E-state index in [0.717, 1.165) is 16.0 Å². The van der Waals surface area contributed by atoms with Crippen molar-refractivity contribution in [3.8, 4) is 27.3 Å². The zero-order chi connectivity index (χ0) is 27.8. The number of hydrogen-bond donors (Lipinski definition) is 2. The molecule has 198 valence electrons. The summed E-state index contributed by atoms with van der Waals surface area (Å²) in [5.41, 5.74) is 10.7. The number of fused-ring (bicyclic) bond motifs is 1. The number of nitrogens with one attached hydrogen (secondary N) is 1. The lowest BCUT2D eigenvalue weighted by Crippen LogP contribution is -2.28. The lowest BCUT2D eigenvalue weighted by molar-refractivity contribution is 0.731. The Hall–Kier alpha value is -5.16. The first-order chi connectivity index (χ1) is 19.4. The predicted molar refractivity (Wildman–Crippen MR) is 158 cm³/mol. The molecule has 1 atom stereocenters. The molecule has 0 radical (unpaired) electrons. The summed E-state index contributed by atoms with van der Waals surface area (Å²) in [6, 6.07) is 17.7.